The zero-order chi connectivity index (χ0) is 13.7. The number of ether oxygens (including phenoxy) is 1. The number of methoxy groups -OCH3 is 1. The minimum atomic E-state index is -0.0837. The maximum absolute atomic E-state index is 12.3. The molecule has 104 valence electrons. The van der Waals surface area contributed by atoms with Crippen LogP contribution in [0.5, 0.6) is 0 Å². The molecule has 2 rings (SSSR count). The van der Waals surface area contributed by atoms with Crippen LogP contribution >= 0.6 is 0 Å². The first-order valence-electron chi connectivity index (χ1n) is 6.72. The Morgan fingerprint density at radius 3 is 2.95 bits per heavy atom. The molecule has 1 saturated heterocycles. The Morgan fingerprint density at radius 2 is 2.26 bits per heavy atom. The van der Waals surface area contributed by atoms with E-state index in [-0.39, 0.29) is 11.9 Å². The van der Waals surface area contributed by atoms with Crippen LogP contribution in [0.4, 0.5) is 5.82 Å². The fourth-order valence-electron chi connectivity index (χ4n) is 2.35. The van der Waals surface area contributed by atoms with Gasteiger partial charge in [0.25, 0.3) is 5.91 Å². The van der Waals surface area contributed by atoms with Gasteiger partial charge in [-0.15, -0.1) is 0 Å². The molecule has 1 atom stereocenters. The molecule has 0 aliphatic carbocycles. The Bertz CT molecular complexity index is 430. The third-order valence-electron chi connectivity index (χ3n) is 3.23. The van der Waals surface area contributed by atoms with Gasteiger partial charge in [0.2, 0.25) is 0 Å². The van der Waals surface area contributed by atoms with Crippen LogP contribution in [0.3, 0.4) is 0 Å². The van der Waals surface area contributed by atoms with Crippen LogP contribution in [-0.2, 0) is 4.74 Å². The third-order valence-corrected chi connectivity index (χ3v) is 3.23. The van der Waals surface area contributed by atoms with E-state index in [1.54, 1.807) is 19.4 Å². The predicted molar refractivity (Wildman–Crippen MR) is 74.5 cm³/mol. The molecule has 0 saturated carbocycles. The highest BCUT2D eigenvalue weighted by Gasteiger charge is 2.21. The minimum absolute atomic E-state index is 0.0101. The van der Waals surface area contributed by atoms with Crippen LogP contribution in [0.15, 0.2) is 18.3 Å². The van der Waals surface area contributed by atoms with E-state index in [0.29, 0.717) is 12.2 Å². The topological polar surface area (TPSA) is 54.5 Å². The van der Waals surface area contributed by atoms with E-state index in [9.17, 15) is 4.79 Å². The predicted octanol–water partition coefficient (Wildman–Crippen LogP) is 1.45. The summed E-state index contributed by atoms with van der Waals surface area (Å²) >= 11 is 0. The molecule has 1 aromatic rings. The number of carbonyl (C=O) groups is 1. The number of amides is 1. The number of hydrogen-bond acceptors (Lipinski definition) is 4. The molecule has 1 aromatic heterocycles. The average Bonchev–Trinajstić information content (AvgIpc) is 2.92. The van der Waals surface area contributed by atoms with Gasteiger partial charge in [-0.1, -0.05) is 0 Å². The van der Waals surface area contributed by atoms with Crippen molar-refractivity contribution in [3.63, 3.8) is 0 Å². The van der Waals surface area contributed by atoms with Gasteiger partial charge in [-0.2, -0.15) is 0 Å². The van der Waals surface area contributed by atoms with E-state index in [2.05, 4.69) is 15.2 Å². The largest absolute Gasteiger partial charge is 0.383 e. The zero-order valence-electron chi connectivity index (χ0n) is 11.6. The van der Waals surface area contributed by atoms with Crippen molar-refractivity contribution in [3.05, 3.63) is 23.9 Å². The molecule has 1 unspecified atom stereocenters. The number of pyridine rings is 1. The van der Waals surface area contributed by atoms with Crippen molar-refractivity contribution in [1.82, 2.24) is 10.3 Å². The highest BCUT2D eigenvalue weighted by molar-refractivity contribution is 5.99. The van der Waals surface area contributed by atoms with Crippen LogP contribution in [0.2, 0.25) is 0 Å². The number of aromatic nitrogens is 1. The van der Waals surface area contributed by atoms with Gasteiger partial charge in [0.1, 0.15) is 5.82 Å². The molecule has 0 bridgehead atoms. The van der Waals surface area contributed by atoms with Crippen LogP contribution in [0, 0.1) is 0 Å². The van der Waals surface area contributed by atoms with Crippen LogP contribution in [0.1, 0.15) is 30.1 Å². The molecule has 1 N–H and O–H groups in total. The summed E-state index contributed by atoms with van der Waals surface area (Å²) in [5.41, 5.74) is 0.646. The lowest BCUT2D eigenvalue weighted by molar-refractivity contribution is 0.0906. The van der Waals surface area contributed by atoms with E-state index in [0.717, 1.165) is 31.7 Å². The van der Waals surface area contributed by atoms with Crippen LogP contribution in [0.25, 0.3) is 0 Å². The van der Waals surface area contributed by atoms with Gasteiger partial charge in [-0.25, -0.2) is 4.98 Å². The second kappa shape index (κ2) is 6.52. The summed E-state index contributed by atoms with van der Waals surface area (Å²) in [5, 5.41) is 2.93. The molecule has 2 heterocycles. The first kappa shape index (κ1) is 13.8. The summed E-state index contributed by atoms with van der Waals surface area (Å²) in [6.45, 7) is 4.38. The van der Waals surface area contributed by atoms with E-state index < -0.39 is 0 Å². The van der Waals surface area contributed by atoms with Crippen molar-refractivity contribution in [2.75, 3.05) is 31.7 Å². The lowest BCUT2D eigenvalue weighted by Crippen LogP contribution is -2.36. The SMILES string of the molecule is COCC(C)NC(=O)c1cccnc1N1CCCC1. The molecule has 0 spiro atoms. The lowest BCUT2D eigenvalue weighted by Gasteiger charge is -2.20. The summed E-state index contributed by atoms with van der Waals surface area (Å²) in [4.78, 5) is 18.8. The highest BCUT2D eigenvalue weighted by atomic mass is 16.5. The normalized spacial score (nSPS) is 16.4. The molecule has 1 amide bonds. The van der Waals surface area contributed by atoms with E-state index >= 15 is 0 Å². The average molecular weight is 263 g/mol. The Labute approximate surface area is 114 Å². The van der Waals surface area contributed by atoms with Gasteiger partial charge in [0, 0.05) is 32.4 Å². The van der Waals surface area contributed by atoms with E-state index in [1.165, 1.54) is 0 Å². The van der Waals surface area contributed by atoms with Gasteiger partial charge in [-0.05, 0) is 31.9 Å². The summed E-state index contributed by atoms with van der Waals surface area (Å²) < 4.78 is 5.03. The van der Waals surface area contributed by atoms with Crippen molar-refractivity contribution in [1.29, 1.82) is 0 Å². The van der Waals surface area contributed by atoms with Gasteiger partial charge >= 0.3 is 0 Å². The number of anilines is 1. The first-order chi connectivity index (χ1) is 9.22. The van der Waals surface area contributed by atoms with Crippen LogP contribution in [-0.4, -0.2) is 43.7 Å². The second-order valence-corrected chi connectivity index (χ2v) is 4.90. The van der Waals surface area contributed by atoms with Gasteiger partial charge < -0.3 is 15.0 Å². The number of nitrogens with zero attached hydrogens (tertiary/aromatic N) is 2. The van der Waals surface area contributed by atoms with Crippen molar-refractivity contribution >= 4 is 11.7 Å². The molecule has 1 fully saturated rings. The standard InChI is InChI=1S/C14H21N3O2/c1-11(10-19-2)16-14(18)12-6-5-7-15-13(12)17-8-3-4-9-17/h5-7,11H,3-4,8-10H2,1-2H3,(H,16,18). The van der Waals surface area contributed by atoms with Gasteiger partial charge in [0.05, 0.1) is 12.2 Å². The maximum Gasteiger partial charge on any atom is 0.255 e. The van der Waals surface area contributed by atoms with Crippen molar-refractivity contribution < 1.29 is 9.53 Å². The van der Waals surface area contributed by atoms with Gasteiger partial charge in [-0.3, -0.25) is 4.79 Å². The number of carbonyl (C=O) groups excluding carboxylic acids is 1. The zero-order valence-corrected chi connectivity index (χ0v) is 11.6. The lowest BCUT2D eigenvalue weighted by atomic mass is 10.2. The molecule has 1 aliphatic rings. The molecular formula is C14H21N3O2. The first-order valence-corrected chi connectivity index (χ1v) is 6.72. The fraction of sp³-hybridized carbons (Fsp3) is 0.571. The number of hydrogen-bond donors (Lipinski definition) is 1. The summed E-state index contributed by atoms with van der Waals surface area (Å²) in [6, 6.07) is 3.62. The monoisotopic (exact) mass is 263 g/mol. The van der Waals surface area contributed by atoms with Gasteiger partial charge in [0.15, 0.2) is 0 Å². The molecule has 0 radical (unpaired) electrons. The number of nitrogens with one attached hydrogen (secondary N) is 1. The quantitative estimate of drug-likeness (QED) is 0.873. The molecule has 1 aliphatic heterocycles. The van der Waals surface area contributed by atoms with Crippen LogP contribution < -0.4 is 10.2 Å². The molecule has 0 aromatic carbocycles. The molecular weight excluding hydrogens is 242 g/mol. The smallest absolute Gasteiger partial charge is 0.255 e. The van der Waals surface area contributed by atoms with Crippen molar-refractivity contribution in [2.24, 2.45) is 0 Å². The maximum atomic E-state index is 12.3. The molecule has 5 nitrogen and oxygen atoms in total. The second-order valence-electron chi connectivity index (χ2n) is 4.90. The Morgan fingerprint density at radius 1 is 1.53 bits per heavy atom. The summed E-state index contributed by atoms with van der Waals surface area (Å²) in [5.74, 6) is 0.710. The van der Waals surface area contributed by atoms with Crippen molar-refractivity contribution in [3.8, 4) is 0 Å². The van der Waals surface area contributed by atoms with Crippen molar-refractivity contribution in [2.45, 2.75) is 25.8 Å². The Hall–Kier alpha value is -1.62. The molecule has 5 heteroatoms. The Balaban J connectivity index is 2.12. The fourth-order valence-corrected chi connectivity index (χ4v) is 2.35. The summed E-state index contributed by atoms with van der Waals surface area (Å²) in [7, 11) is 1.63. The highest BCUT2D eigenvalue weighted by Crippen LogP contribution is 2.21. The summed E-state index contributed by atoms with van der Waals surface area (Å²) in [6.07, 6.45) is 4.07. The minimum Gasteiger partial charge on any atom is -0.383 e. The van der Waals surface area contributed by atoms with E-state index in [1.807, 2.05) is 13.0 Å². The van der Waals surface area contributed by atoms with E-state index in [4.69, 9.17) is 4.74 Å². The number of rotatable bonds is 5. The third kappa shape index (κ3) is 3.44. The molecule has 19 heavy (non-hydrogen) atoms. The Kier molecular flexibility index (Phi) is 4.74.